The number of hydrogen-bond donors (Lipinski definition) is 1. The van der Waals surface area contributed by atoms with E-state index in [1.807, 2.05) is 19.1 Å². The Labute approximate surface area is 156 Å². The lowest BCUT2D eigenvalue weighted by Gasteiger charge is -2.18. The lowest BCUT2D eigenvalue weighted by molar-refractivity contribution is 0.0601. The van der Waals surface area contributed by atoms with Crippen molar-refractivity contribution in [2.45, 2.75) is 33.1 Å². The van der Waals surface area contributed by atoms with Gasteiger partial charge in [0.05, 0.1) is 18.1 Å². The highest BCUT2D eigenvalue weighted by Gasteiger charge is 2.23. The first-order valence-corrected chi connectivity index (χ1v) is 9.61. The minimum atomic E-state index is -0.335. The highest BCUT2D eigenvalue weighted by molar-refractivity contribution is 7.19. The second-order valence-electron chi connectivity index (χ2n) is 6.85. The molecule has 4 rings (SSSR count). The maximum absolute atomic E-state index is 11.6. The number of nitrogens with zero attached hydrogens (tertiary/aromatic N) is 2. The van der Waals surface area contributed by atoms with Gasteiger partial charge in [-0.1, -0.05) is 6.92 Å². The topological polar surface area (TPSA) is 64.1 Å². The lowest BCUT2D eigenvalue weighted by Crippen LogP contribution is -2.09. The molecule has 0 fully saturated rings. The van der Waals surface area contributed by atoms with Gasteiger partial charge >= 0.3 is 5.97 Å². The van der Waals surface area contributed by atoms with E-state index in [-0.39, 0.29) is 5.97 Å². The van der Waals surface area contributed by atoms with Crippen molar-refractivity contribution < 1.29 is 9.53 Å². The summed E-state index contributed by atoms with van der Waals surface area (Å²) in [6, 6.07) is 7.25. The summed E-state index contributed by atoms with van der Waals surface area (Å²) >= 11 is 1.80. The summed E-state index contributed by atoms with van der Waals surface area (Å²) in [5, 5.41) is 4.58. The zero-order valence-electron chi connectivity index (χ0n) is 15.1. The second kappa shape index (κ2) is 6.68. The van der Waals surface area contributed by atoms with E-state index < -0.39 is 0 Å². The molecule has 134 valence electrons. The molecule has 0 amide bonds. The zero-order chi connectivity index (χ0) is 18.3. The van der Waals surface area contributed by atoms with Gasteiger partial charge in [-0.15, -0.1) is 11.3 Å². The highest BCUT2D eigenvalue weighted by atomic mass is 32.1. The van der Waals surface area contributed by atoms with Gasteiger partial charge < -0.3 is 10.1 Å². The molecule has 2 heterocycles. The van der Waals surface area contributed by atoms with Crippen LogP contribution in [0.4, 0.5) is 11.5 Å². The number of anilines is 2. The molecule has 0 saturated heterocycles. The van der Waals surface area contributed by atoms with Crippen LogP contribution in [0.1, 0.15) is 40.0 Å². The van der Waals surface area contributed by atoms with Crippen LogP contribution in [0.15, 0.2) is 24.3 Å². The molecule has 1 N–H and O–H groups in total. The van der Waals surface area contributed by atoms with Crippen molar-refractivity contribution in [3.05, 3.63) is 46.1 Å². The molecule has 6 heteroatoms. The smallest absolute Gasteiger partial charge is 0.337 e. The van der Waals surface area contributed by atoms with Crippen LogP contribution in [0.25, 0.3) is 10.2 Å². The number of ether oxygens (including phenoxy) is 1. The summed E-state index contributed by atoms with van der Waals surface area (Å²) < 4.78 is 4.75. The summed E-state index contributed by atoms with van der Waals surface area (Å²) in [6.07, 6.45) is 3.42. The number of rotatable bonds is 3. The average molecular weight is 367 g/mol. The van der Waals surface area contributed by atoms with Crippen molar-refractivity contribution >= 4 is 39.0 Å². The Hall–Kier alpha value is -2.47. The fraction of sp³-hybridized carbons (Fsp3) is 0.350. The third-order valence-corrected chi connectivity index (χ3v) is 5.98. The molecule has 1 aromatic carbocycles. The number of carbonyl (C=O) groups is 1. The first kappa shape index (κ1) is 17.0. The quantitative estimate of drug-likeness (QED) is 0.683. The predicted molar refractivity (Wildman–Crippen MR) is 104 cm³/mol. The van der Waals surface area contributed by atoms with Crippen molar-refractivity contribution in [1.29, 1.82) is 0 Å². The van der Waals surface area contributed by atoms with Gasteiger partial charge in [-0.25, -0.2) is 14.8 Å². The van der Waals surface area contributed by atoms with Gasteiger partial charge in [0.1, 0.15) is 16.5 Å². The first-order valence-electron chi connectivity index (χ1n) is 8.79. The van der Waals surface area contributed by atoms with Crippen molar-refractivity contribution in [1.82, 2.24) is 9.97 Å². The third-order valence-electron chi connectivity index (χ3n) is 4.84. The van der Waals surface area contributed by atoms with Gasteiger partial charge in [-0.3, -0.25) is 0 Å². The van der Waals surface area contributed by atoms with E-state index in [1.165, 1.54) is 24.0 Å². The zero-order valence-corrected chi connectivity index (χ0v) is 15.9. The Morgan fingerprint density at radius 3 is 2.77 bits per heavy atom. The van der Waals surface area contributed by atoms with Gasteiger partial charge in [0, 0.05) is 10.6 Å². The van der Waals surface area contributed by atoms with E-state index >= 15 is 0 Å². The number of fused-ring (bicyclic) bond motifs is 3. The molecule has 5 nitrogen and oxygen atoms in total. The number of esters is 1. The monoisotopic (exact) mass is 367 g/mol. The number of aromatic nitrogens is 2. The molecule has 0 radical (unpaired) electrons. The van der Waals surface area contributed by atoms with E-state index in [0.29, 0.717) is 5.56 Å². The molecule has 26 heavy (non-hydrogen) atoms. The van der Waals surface area contributed by atoms with E-state index in [2.05, 4.69) is 22.2 Å². The Morgan fingerprint density at radius 2 is 2.04 bits per heavy atom. The van der Waals surface area contributed by atoms with Gasteiger partial charge in [0.25, 0.3) is 0 Å². The van der Waals surface area contributed by atoms with Crippen LogP contribution in [-0.2, 0) is 17.6 Å². The number of hydrogen-bond acceptors (Lipinski definition) is 6. The number of thiophene rings is 1. The Bertz CT molecular complexity index is 979. The van der Waals surface area contributed by atoms with E-state index in [1.54, 1.807) is 23.5 Å². The molecule has 2 aromatic heterocycles. The van der Waals surface area contributed by atoms with E-state index in [0.717, 1.165) is 46.3 Å². The first-order chi connectivity index (χ1) is 12.5. The van der Waals surface area contributed by atoms with E-state index in [9.17, 15) is 4.79 Å². The molecule has 1 atom stereocenters. The second-order valence-corrected chi connectivity index (χ2v) is 7.93. The number of nitrogens with one attached hydrogen (secondary N) is 1. The number of methoxy groups -OCH3 is 1. The van der Waals surface area contributed by atoms with Crippen LogP contribution in [0, 0.1) is 12.8 Å². The summed E-state index contributed by atoms with van der Waals surface area (Å²) in [6.45, 7) is 4.23. The molecule has 3 aromatic rings. The van der Waals surface area contributed by atoms with Crippen LogP contribution in [0.2, 0.25) is 0 Å². The van der Waals surface area contributed by atoms with Gasteiger partial charge in [-0.2, -0.15) is 0 Å². The Kier molecular flexibility index (Phi) is 4.36. The SMILES string of the molecule is COC(=O)c1ccc(Nc2nc(C)nc3sc4c(c23)CC[C@H](C)C4)cc1. The minimum Gasteiger partial charge on any atom is -0.465 e. The average Bonchev–Trinajstić information content (AvgIpc) is 2.98. The number of carbonyl (C=O) groups excluding carboxylic acids is 1. The van der Waals surface area contributed by atoms with Crippen LogP contribution in [0.5, 0.6) is 0 Å². The normalized spacial score (nSPS) is 16.3. The summed E-state index contributed by atoms with van der Waals surface area (Å²) in [5.74, 6) is 2.01. The van der Waals surface area contributed by atoms with Crippen LogP contribution >= 0.6 is 11.3 Å². The van der Waals surface area contributed by atoms with Crippen molar-refractivity contribution in [2.75, 3.05) is 12.4 Å². The maximum Gasteiger partial charge on any atom is 0.337 e. The largest absolute Gasteiger partial charge is 0.465 e. The van der Waals surface area contributed by atoms with Crippen LogP contribution < -0.4 is 5.32 Å². The summed E-state index contributed by atoms with van der Waals surface area (Å²) in [5.41, 5.74) is 2.82. The molecular weight excluding hydrogens is 346 g/mol. The fourth-order valence-electron chi connectivity index (χ4n) is 3.48. The molecule has 1 aliphatic rings. The number of aryl methyl sites for hydroxylation is 2. The number of benzene rings is 1. The Morgan fingerprint density at radius 1 is 1.27 bits per heavy atom. The highest BCUT2D eigenvalue weighted by Crippen LogP contribution is 2.40. The van der Waals surface area contributed by atoms with Gasteiger partial charge in [0.15, 0.2) is 0 Å². The maximum atomic E-state index is 11.6. The Balaban J connectivity index is 1.73. The van der Waals surface area contributed by atoms with Crippen LogP contribution in [-0.4, -0.2) is 23.0 Å². The molecule has 0 bridgehead atoms. The fourth-order valence-corrected chi connectivity index (χ4v) is 4.91. The standard InChI is InChI=1S/C20H21N3O2S/c1-11-4-9-15-16(10-11)26-19-17(15)18(21-12(2)22-19)23-14-7-5-13(6-8-14)20(24)25-3/h5-8,11H,4,9-10H2,1-3H3,(H,21,22,23)/t11-/m0/s1. The molecule has 0 aliphatic heterocycles. The summed E-state index contributed by atoms with van der Waals surface area (Å²) in [7, 11) is 1.38. The van der Waals surface area contributed by atoms with Crippen molar-refractivity contribution in [3.8, 4) is 0 Å². The molecule has 0 unspecified atom stereocenters. The molecule has 0 spiro atoms. The molecular formula is C20H21N3O2S. The predicted octanol–water partition coefficient (Wildman–Crippen LogP) is 4.65. The third kappa shape index (κ3) is 3.05. The minimum absolute atomic E-state index is 0.335. The van der Waals surface area contributed by atoms with Crippen molar-refractivity contribution in [2.24, 2.45) is 5.92 Å². The molecule has 0 saturated carbocycles. The van der Waals surface area contributed by atoms with Crippen LogP contribution in [0.3, 0.4) is 0 Å². The lowest BCUT2D eigenvalue weighted by atomic mass is 9.89. The van der Waals surface area contributed by atoms with Crippen molar-refractivity contribution in [3.63, 3.8) is 0 Å². The van der Waals surface area contributed by atoms with Gasteiger partial charge in [0.2, 0.25) is 0 Å². The summed E-state index contributed by atoms with van der Waals surface area (Å²) in [4.78, 5) is 23.4. The van der Waals surface area contributed by atoms with E-state index in [4.69, 9.17) is 4.74 Å². The van der Waals surface area contributed by atoms with Gasteiger partial charge in [-0.05, 0) is 61.9 Å². The molecule has 1 aliphatic carbocycles.